The summed E-state index contributed by atoms with van der Waals surface area (Å²) < 4.78 is 0.819. The lowest BCUT2D eigenvalue weighted by Gasteiger charge is -2.21. The van der Waals surface area contributed by atoms with E-state index in [0.717, 1.165) is 26.8 Å². The number of aromatic nitrogens is 2. The Morgan fingerprint density at radius 3 is 2.78 bits per heavy atom. The van der Waals surface area contributed by atoms with Crippen LogP contribution in [0.25, 0.3) is 11.0 Å². The van der Waals surface area contributed by atoms with E-state index in [9.17, 15) is 4.79 Å². The van der Waals surface area contributed by atoms with Gasteiger partial charge in [-0.05, 0) is 43.7 Å². The van der Waals surface area contributed by atoms with E-state index < -0.39 is 5.54 Å². The summed E-state index contributed by atoms with van der Waals surface area (Å²) in [5, 5.41) is 3.80. The van der Waals surface area contributed by atoms with Crippen molar-refractivity contribution in [1.29, 1.82) is 0 Å². The predicted octanol–water partition coefficient (Wildman–Crippen LogP) is 3.77. The first-order valence-corrected chi connectivity index (χ1v) is 7.98. The van der Waals surface area contributed by atoms with E-state index in [4.69, 9.17) is 5.73 Å². The van der Waals surface area contributed by atoms with Gasteiger partial charge in [-0.2, -0.15) is 0 Å². The number of fused-ring (bicyclic) bond motifs is 1. The number of halogens is 1. The molecule has 5 nitrogen and oxygen atoms in total. The molecule has 2 aromatic heterocycles. The molecule has 0 unspecified atom stereocenters. The van der Waals surface area contributed by atoms with Crippen molar-refractivity contribution in [2.75, 3.05) is 5.32 Å². The lowest BCUT2D eigenvalue weighted by atomic mass is 9.94. The van der Waals surface area contributed by atoms with Crippen LogP contribution < -0.4 is 11.1 Å². The molecule has 2 heterocycles. The van der Waals surface area contributed by atoms with Gasteiger partial charge in [-0.3, -0.25) is 4.79 Å². The first kappa shape index (κ1) is 15.7. The second-order valence-corrected chi connectivity index (χ2v) is 6.82. The predicted molar refractivity (Wildman–Crippen MR) is 95.4 cm³/mol. The smallest absolute Gasteiger partial charge is 0.255 e. The second kappa shape index (κ2) is 5.79. The van der Waals surface area contributed by atoms with E-state index in [1.165, 1.54) is 0 Å². The van der Waals surface area contributed by atoms with Gasteiger partial charge in [0, 0.05) is 33.4 Å². The largest absolute Gasteiger partial charge is 0.346 e. The van der Waals surface area contributed by atoms with Crippen molar-refractivity contribution in [3.8, 4) is 0 Å². The maximum atomic E-state index is 12.5. The molecule has 23 heavy (non-hydrogen) atoms. The van der Waals surface area contributed by atoms with Gasteiger partial charge in [0.05, 0.1) is 5.69 Å². The molecule has 3 aromatic rings. The molecule has 0 bridgehead atoms. The maximum Gasteiger partial charge on any atom is 0.255 e. The summed E-state index contributed by atoms with van der Waals surface area (Å²) in [6.07, 6.45) is 3.45. The van der Waals surface area contributed by atoms with Gasteiger partial charge in [-0.1, -0.05) is 22.0 Å². The fourth-order valence-electron chi connectivity index (χ4n) is 2.44. The molecule has 0 saturated carbocycles. The van der Waals surface area contributed by atoms with E-state index in [-0.39, 0.29) is 5.91 Å². The number of rotatable bonds is 3. The molecular weight excluding hydrogens is 356 g/mol. The number of nitrogens with two attached hydrogens (primary N) is 1. The van der Waals surface area contributed by atoms with Crippen molar-refractivity contribution < 1.29 is 4.79 Å². The molecule has 0 atom stereocenters. The Labute approximate surface area is 142 Å². The van der Waals surface area contributed by atoms with Gasteiger partial charge in [-0.15, -0.1) is 0 Å². The molecule has 0 aliphatic carbocycles. The summed E-state index contributed by atoms with van der Waals surface area (Å²) in [6.45, 7) is 3.85. The van der Waals surface area contributed by atoms with E-state index in [1.54, 1.807) is 30.6 Å². The Hall–Kier alpha value is -2.18. The summed E-state index contributed by atoms with van der Waals surface area (Å²) in [6, 6.07) is 9.10. The van der Waals surface area contributed by atoms with Crippen LogP contribution in [0.3, 0.4) is 0 Å². The number of hydrogen-bond donors (Lipinski definition) is 3. The van der Waals surface area contributed by atoms with Crippen LogP contribution in [-0.4, -0.2) is 15.9 Å². The molecule has 118 valence electrons. The maximum absolute atomic E-state index is 12.5. The van der Waals surface area contributed by atoms with Crippen LogP contribution in [-0.2, 0) is 5.54 Å². The Morgan fingerprint density at radius 2 is 2.09 bits per heavy atom. The highest BCUT2D eigenvalue weighted by atomic mass is 79.9. The van der Waals surface area contributed by atoms with Crippen LogP contribution in [0.1, 0.15) is 29.8 Å². The van der Waals surface area contributed by atoms with Crippen LogP contribution in [0.5, 0.6) is 0 Å². The monoisotopic (exact) mass is 372 g/mol. The molecule has 1 amide bonds. The third kappa shape index (κ3) is 3.13. The van der Waals surface area contributed by atoms with Crippen LogP contribution in [0, 0.1) is 0 Å². The zero-order valence-electron chi connectivity index (χ0n) is 12.9. The summed E-state index contributed by atoms with van der Waals surface area (Å²) in [5.41, 5.74) is 8.61. The normalized spacial score (nSPS) is 11.7. The standard InChI is InChI=1S/C17H17BrN4O/c1-17(2,19)12-4-3-10(9-13(12)18)16(23)22-14-6-8-21-15-11(14)5-7-20-15/h3-9H,19H2,1-2H3,(H2,20,21,22,23). The molecule has 0 aliphatic heterocycles. The Bertz CT molecular complexity index is 880. The zero-order valence-corrected chi connectivity index (χ0v) is 14.4. The minimum atomic E-state index is -0.476. The zero-order chi connectivity index (χ0) is 16.6. The van der Waals surface area contributed by atoms with E-state index in [1.807, 2.05) is 26.0 Å². The number of nitrogens with zero attached hydrogens (tertiary/aromatic N) is 1. The fraction of sp³-hybridized carbons (Fsp3) is 0.176. The number of anilines is 1. The molecule has 3 rings (SSSR count). The van der Waals surface area contributed by atoms with Crippen LogP contribution in [0.2, 0.25) is 0 Å². The number of aromatic amines is 1. The number of pyridine rings is 1. The second-order valence-electron chi connectivity index (χ2n) is 5.97. The average molecular weight is 373 g/mol. The molecule has 0 saturated heterocycles. The summed E-state index contributed by atoms with van der Waals surface area (Å²) >= 11 is 3.50. The molecule has 4 N–H and O–H groups in total. The minimum Gasteiger partial charge on any atom is -0.346 e. The van der Waals surface area contributed by atoms with E-state index >= 15 is 0 Å². The quantitative estimate of drug-likeness (QED) is 0.654. The number of carbonyl (C=O) groups is 1. The summed E-state index contributed by atoms with van der Waals surface area (Å²) in [5.74, 6) is -0.180. The van der Waals surface area contributed by atoms with Gasteiger partial charge < -0.3 is 16.0 Å². The number of H-pyrrole nitrogens is 1. The first-order chi connectivity index (χ1) is 10.9. The van der Waals surface area contributed by atoms with Crippen molar-refractivity contribution in [2.45, 2.75) is 19.4 Å². The molecule has 0 spiro atoms. The van der Waals surface area contributed by atoms with Crippen LogP contribution >= 0.6 is 15.9 Å². The lowest BCUT2D eigenvalue weighted by molar-refractivity contribution is 0.102. The fourth-order valence-corrected chi connectivity index (χ4v) is 3.33. The highest BCUT2D eigenvalue weighted by Gasteiger charge is 2.19. The van der Waals surface area contributed by atoms with Gasteiger partial charge in [0.1, 0.15) is 5.65 Å². The third-order valence-electron chi connectivity index (χ3n) is 3.63. The SMILES string of the molecule is CC(C)(N)c1ccc(C(=O)Nc2ccnc3[nH]ccc23)cc1Br. The van der Waals surface area contributed by atoms with Crippen molar-refractivity contribution in [3.05, 3.63) is 58.3 Å². The van der Waals surface area contributed by atoms with Gasteiger partial charge >= 0.3 is 0 Å². The topological polar surface area (TPSA) is 83.8 Å². The van der Waals surface area contributed by atoms with Gasteiger partial charge in [0.2, 0.25) is 0 Å². The number of carbonyl (C=O) groups excluding carboxylic acids is 1. The lowest BCUT2D eigenvalue weighted by Crippen LogP contribution is -2.29. The minimum absolute atomic E-state index is 0.180. The molecule has 6 heteroatoms. The summed E-state index contributed by atoms with van der Waals surface area (Å²) in [4.78, 5) is 19.7. The number of hydrogen-bond acceptors (Lipinski definition) is 3. The molecule has 0 radical (unpaired) electrons. The van der Waals surface area contributed by atoms with Gasteiger partial charge in [-0.25, -0.2) is 4.98 Å². The van der Waals surface area contributed by atoms with Gasteiger partial charge in [0.15, 0.2) is 0 Å². The average Bonchev–Trinajstić information content (AvgIpc) is 2.95. The number of benzene rings is 1. The van der Waals surface area contributed by atoms with Crippen molar-refractivity contribution in [1.82, 2.24) is 9.97 Å². The molecular formula is C17H17BrN4O. The Morgan fingerprint density at radius 1 is 1.30 bits per heavy atom. The number of nitrogens with one attached hydrogen (secondary N) is 2. The first-order valence-electron chi connectivity index (χ1n) is 7.18. The van der Waals surface area contributed by atoms with Crippen molar-refractivity contribution >= 4 is 38.6 Å². The third-order valence-corrected chi connectivity index (χ3v) is 4.29. The molecule has 1 aromatic carbocycles. The van der Waals surface area contributed by atoms with E-state index in [2.05, 4.69) is 31.2 Å². The van der Waals surface area contributed by atoms with E-state index in [0.29, 0.717) is 5.56 Å². The van der Waals surface area contributed by atoms with Crippen LogP contribution in [0.4, 0.5) is 5.69 Å². The summed E-state index contributed by atoms with van der Waals surface area (Å²) in [7, 11) is 0. The molecule has 0 aliphatic rings. The van der Waals surface area contributed by atoms with Crippen LogP contribution in [0.15, 0.2) is 47.2 Å². The number of amides is 1. The highest BCUT2D eigenvalue weighted by molar-refractivity contribution is 9.10. The van der Waals surface area contributed by atoms with Gasteiger partial charge in [0.25, 0.3) is 5.91 Å². The molecule has 0 fully saturated rings. The van der Waals surface area contributed by atoms with Crippen molar-refractivity contribution in [3.63, 3.8) is 0 Å². The Kier molecular flexibility index (Phi) is 3.95. The highest BCUT2D eigenvalue weighted by Crippen LogP contribution is 2.28. The van der Waals surface area contributed by atoms with Crippen molar-refractivity contribution in [2.24, 2.45) is 5.73 Å². The Balaban J connectivity index is 1.89.